The van der Waals surface area contributed by atoms with Gasteiger partial charge in [0.05, 0.1) is 0 Å². The molecule has 17 heavy (non-hydrogen) atoms. The quantitative estimate of drug-likeness (QED) is 0.719. The Morgan fingerprint density at radius 2 is 2.18 bits per heavy atom. The van der Waals surface area contributed by atoms with Gasteiger partial charge in [-0.05, 0) is 11.6 Å². The zero-order valence-electron chi connectivity index (χ0n) is 9.27. The first-order valence-electron chi connectivity index (χ1n) is 5.48. The summed E-state index contributed by atoms with van der Waals surface area (Å²) in [5.41, 5.74) is 2.18. The number of carbonyl (C=O) groups excluding carboxylic acids is 1. The standard InChI is InChI=1S/C12H14N2O3/c15-11(14-7-12(16)17)5-8-6-13-10-4-2-1-3-9(8)10/h1-4,8,13H,5-7H2,(H,14,15)(H,16,17). The summed E-state index contributed by atoms with van der Waals surface area (Å²) < 4.78 is 0. The van der Waals surface area contributed by atoms with Crippen molar-refractivity contribution >= 4 is 17.6 Å². The molecule has 1 aromatic carbocycles. The van der Waals surface area contributed by atoms with Crippen molar-refractivity contribution in [2.45, 2.75) is 12.3 Å². The molecule has 0 aromatic heterocycles. The fourth-order valence-electron chi connectivity index (χ4n) is 2.01. The molecule has 1 amide bonds. The highest BCUT2D eigenvalue weighted by Gasteiger charge is 2.23. The minimum absolute atomic E-state index is 0.125. The minimum Gasteiger partial charge on any atom is -0.480 e. The van der Waals surface area contributed by atoms with Crippen LogP contribution in [0.15, 0.2) is 24.3 Å². The Morgan fingerprint density at radius 1 is 1.41 bits per heavy atom. The maximum absolute atomic E-state index is 11.5. The van der Waals surface area contributed by atoms with E-state index in [1.165, 1.54) is 0 Å². The summed E-state index contributed by atoms with van der Waals surface area (Å²) in [6, 6.07) is 7.85. The predicted octanol–water partition coefficient (Wildman–Crippen LogP) is 0.787. The Morgan fingerprint density at radius 3 is 2.94 bits per heavy atom. The fourth-order valence-corrected chi connectivity index (χ4v) is 2.01. The van der Waals surface area contributed by atoms with Crippen LogP contribution in [0.4, 0.5) is 5.69 Å². The third-order valence-electron chi connectivity index (χ3n) is 2.81. The molecule has 1 atom stereocenters. The highest BCUT2D eigenvalue weighted by atomic mass is 16.4. The molecule has 1 heterocycles. The molecule has 0 saturated carbocycles. The number of aliphatic carboxylic acids is 1. The maximum atomic E-state index is 11.5. The summed E-state index contributed by atoms with van der Waals surface area (Å²) in [4.78, 5) is 21.8. The third kappa shape index (κ3) is 2.75. The van der Waals surface area contributed by atoms with Gasteiger partial charge in [0.15, 0.2) is 0 Å². The van der Waals surface area contributed by atoms with E-state index in [0.717, 1.165) is 17.8 Å². The Labute approximate surface area is 98.8 Å². The monoisotopic (exact) mass is 234 g/mol. The van der Waals surface area contributed by atoms with Crippen molar-refractivity contribution in [2.24, 2.45) is 0 Å². The number of benzene rings is 1. The molecule has 90 valence electrons. The SMILES string of the molecule is O=C(O)CNC(=O)CC1CNc2ccccc21. The summed E-state index contributed by atoms with van der Waals surface area (Å²) in [5, 5.41) is 14.1. The first-order chi connectivity index (χ1) is 8.16. The second-order valence-corrected chi connectivity index (χ2v) is 4.04. The van der Waals surface area contributed by atoms with Crippen LogP contribution in [0.1, 0.15) is 17.9 Å². The molecular weight excluding hydrogens is 220 g/mol. The Kier molecular flexibility index (Phi) is 3.27. The van der Waals surface area contributed by atoms with Gasteiger partial charge in [-0.2, -0.15) is 0 Å². The van der Waals surface area contributed by atoms with Crippen LogP contribution in [0, 0.1) is 0 Å². The molecule has 0 spiro atoms. The first-order valence-corrected chi connectivity index (χ1v) is 5.48. The molecule has 1 aromatic rings. The van der Waals surface area contributed by atoms with Gasteiger partial charge in [-0.15, -0.1) is 0 Å². The number of nitrogens with one attached hydrogen (secondary N) is 2. The lowest BCUT2D eigenvalue weighted by Gasteiger charge is -2.09. The summed E-state index contributed by atoms with van der Waals surface area (Å²) >= 11 is 0. The highest BCUT2D eigenvalue weighted by Crippen LogP contribution is 2.32. The van der Waals surface area contributed by atoms with E-state index < -0.39 is 5.97 Å². The van der Waals surface area contributed by atoms with E-state index in [9.17, 15) is 9.59 Å². The molecule has 1 unspecified atom stereocenters. The second kappa shape index (κ2) is 4.86. The fraction of sp³-hybridized carbons (Fsp3) is 0.333. The Balaban J connectivity index is 1.93. The molecule has 0 aliphatic carbocycles. The topological polar surface area (TPSA) is 78.4 Å². The molecule has 0 fully saturated rings. The number of anilines is 1. The van der Waals surface area contributed by atoms with Crippen LogP contribution in [-0.2, 0) is 9.59 Å². The van der Waals surface area contributed by atoms with Crippen LogP contribution in [0.25, 0.3) is 0 Å². The summed E-state index contributed by atoms with van der Waals surface area (Å²) in [6.45, 7) is 0.403. The number of rotatable bonds is 4. The van der Waals surface area contributed by atoms with Crippen molar-refractivity contribution in [1.29, 1.82) is 0 Å². The molecular formula is C12H14N2O3. The zero-order chi connectivity index (χ0) is 12.3. The highest BCUT2D eigenvalue weighted by molar-refractivity contribution is 5.82. The van der Waals surface area contributed by atoms with E-state index in [2.05, 4.69) is 10.6 Å². The van der Waals surface area contributed by atoms with Gasteiger partial charge >= 0.3 is 5.97 Å². The summed E-state index contributed by atoms with van der Waals surface area (Å²) in [5.74, 6) is -1.13. The van der Waals surface area contributed by atoms with Crippen molar-refractivity contribution in [1.82, 2.24) is 5.32 Å². The van der Waals surface area contributed by atoms with Crippen molar-refractivity contribution in [3.8, 4) is 0 Å². The predicted molar refractivity (Wildman–Crippen MR) is 62.9 cm³/mol. The average molecular weight is 234 g/mol. The zero-order valence-corrected chi connectivity index (χ0v) is 9.27. The van der Waals surface area contributed by atoms with Crippen LogP contribution in [0.5, 0.6) is 0 Å². The lowest BCUT2D eigenvalue weighted by molar-refractivity contribution is -0.138. The van der Waals surface area contributed by atoms with E-state index >= 15 is 0 Å². The molecule has 5 nitrogen and oxygen atoms in total. The normalized spacial score (nSPS) is 17.1. The van der Waals surface area contributed by atoms with Crippen molar-refractivity contribution in [3.05, 3.63) is 29.8 Å². The van der Waals surface area contributed by atoms with Crippen molar-refractivity contribution in [2.75, 3.05) is 18.4 Å². The largest absolute Gasteiger partial charge is 0.480 e. The Bertz CT molecular complexity index is 445. The first kappa shape index (κ1) is 11.4. The van der Waals surface area contributed by atoms with Crippen LogP contribution < -0.4 is 10.6 Å². The molecule has 0 bridgehead atoms. The van der Waals surface area contributed by atoms with E-state index in [4.69, 9.17) is 5.11 Å². The number of fused-ring (bicyclic) bond motifs is 1. The molecule has 5 heteroatoms. The van der Waals surface area contributed by atoms with Crippen molar-refractivity contribution < 1.29 is 14.7 Å². The van der Waals surface area contributed by atoms with Crippen LogP contribution in [0.3, 0.4) is 0 Å². The van der Waals surface area contributed by atoms with E-state index in [0.29, 0.717) is 6.42 Å². The van der Waals surface area contributed by atoms with Gasteiger partial charge in [-0.3, -0.25) is 9.59 Å². The smallest absolute Gasteiger partial charge is 0.322 e. The molecule has 0 radical (unpaired) electrons. The van der Waals surface area contributed by atoms with E-state index in [-0.39, 0.29) is 18.4 Å². The van der Waals surface area contributed by atoms with Gasteiger partial charge in [0.2, 0.25) is 5.91 Å². The van der Waals surface area contributed by atoms with Crippen LogP contribution in [0.2, 0.25) is 0 Å². The van der Waals surface area contributed by atoms with E-state index in [1.54, 1.807) is 0 Å². The van der Waals surface area contributed by atoms with E-state index in [1.807, 2.05) is 24.3 Å². The maximum Gasteiger partial charge on any atom is 0.322 e. The molecule has 3 N–H and O–H groups in total. The molecule has 1 aliphatic heterocycles. The van der Waals surface area contributed by atoms with Gasteiger partial charge in [-0.25, -0.2) is 0 Å². The van der Waals surface area contributed by atoms with Gasteiger partial charge in [0, 0.05) is 24.6 Å². The molecule has 2 rings (SSSR count). The molecule has 0 saturated heterocycles. The summed E-state index contributed by atoms with van der Waals surface area (Å²) in [7, 11) is 0. The third-order valence-corrected chi connectivity index (χ3v) is 2.81. The number of carboxylic acid groups (broad SMARTS) is 1. The number of amides is 1. The minimum atomic E-state index is -1.02. The number of carboxylic acids is 1. The van der Waals surface area contributed by atoms with Gasteiger partial charge in [0.1, 0.15) is 6.54 Å². The van der Waals surface area contributed by atoms with Gasteiger partial charge in [-0.1, -0.05) is 18.2 Å². The average Bonchev–Trinajstić information content (AvgIpc) is 2.70. The molecule has 1 aliphatic rings. The number of carbonyl (C=O) groups is 2. The number of hydrogen-bond donors (Lipinski definition) is 3. The summed E-state index contributed by atoms with van der Waals surface area (Å²) in [6.07, 6.45) is 0.317. The van der Waals surface area contributed by atoms with Crippen LogP contribution in [-0.4, -0.2) is 30.1 Å². The number of hydrogen-bond acceptors (Lipinski definition) is 3. The number of para-hydroxylation sites is 1. The van der Waals surface area contributed by atoms with Crippen LogP contribution >= 0.6 is 0 Å². The van der Waals surface area contributed by atoms with Crippen molar-refractivity contribution in [3.63, 3.8) is 0 Å². The Hall–Kier alpha value is -2.04. The van der Waals surface area contributed by atoms with Gasteiger partial charge in [0.25, 0.3) is 0 Å². The lowest BCUT2D eigenvalue weighted by Crippen LogP contribution is -2.30. The second-order valence-electron chi connectivity index (χ2n) is 4.04. The lowest BCUT2D eigenvalue weighted by atomic mass is 9.98. The van der Waals surface area contributed by atoms with Gasteiger partial charge < -0.3 is 15.7 Å².